The third-order valence-electron chi connectivity index (χ3n) is 3.03. The zero-order valence-corrected chi connectivity index (χ0v) is 8.71. The topological polar surface area (TPSA) is 26.3 Å². The standard InChI is InChI=1S/C9H13BrO2/c1-5-8-6(10)3-2-4-7(8)12-9(5)11/h5-8H,2-4H2,1H3/t5?,6-,7-,8+/m1/s1. The molecule has 1 unspecified atom stereocenters. The van der Waals surface area contributed by atoms with Crippen LogP contribution in [0.5, 0.6) is 0 Å². The molecule has 2 nitrogen and oxygen atoms in total. The number of rotatable bonds is 0. The minimum atomic E-state index is -0.00338. The second-order valence-electron chi connectivity index (χ2n) is 3.79. The number of halogens is 1. The number of hydrogen-bond donors (Lipinski definition) is 0. The van der Waals surface area contributed by atoms with Crippen molar-refractivity contribution in [1.82, 2.24) is 0 Å². The van der Waals surface area contributed by atoms with Crippen molar-refractivity contribution in [1.29, 1.82) is 0 Å². The molecule has 0 aromatic rings. The van der Waals surface area contributed by atoms with Gasteiger partial charge < -0.3 is 4.74 Å². The fourth-order valence-electron chi connectivity index (χ4n) is 2.32. The van der Waals surface area contributed by atoms with Crippen molar-refractivity contribution in [2.45, 2.75) is 37.1 Å². The number of carbonyl (C=O) groups excluding carboxylic acids is 1. The van der Waals surface area contributed by atoms with E-state index in [9.17, 15) is 4.79 Å². The maximum atomic E-state index is 11.2. The highest BCUT2D eigenvalue weighted by molar-refractivity contribution is 9.09. The number of esters is 1. The lowest BCUT2D eigenvalue weighted by molar-refractivity contribution is -0.144. The van der Waals surface area contributed by atoms with Crippen LogP contribution in [0.25, 0.3) is 0 Å². The van der Waals surface area contributed by atoms with E-state index in [0.717, 1.165) is 6.42 Å². The van der Waals surface area contributed by atoms with E-state index in [4.69, 9.17) is 4.74 Å². The Morgan fingerprint density at radius 2 is 2.25 bits per heavy atom. The molecule has 1 aliphatic carbocycles. The van der Waals surface area contributed by atoms with E-state index in [1.807, 2.05) is 6.92 Å². The lowest BCUT2D eigenvalue weighted by Gasteiger charge is -2.29. The van der Waals surface area contributed by atoms with Crippen LogP contribution in [-0.2, 0) is 9.53 Å². The van der Waals surface area contributed by atoms with Crippen molar-refractivity contribution in [2.75, 3.05) is 0 Å². The van der Waals surface area contributed by atoms with Gasteiger partial charge in [0.1, 0.15) is 6.10 Å². The monoisotopic (exact) mass is 232 g/mol. The Morgan fingerprint density at radius 3 is 2.92 bits per heavy atom. The van der Waals surface area contributed by atoms with Crippen LogP contribution in [-0.4, -0.2) is 16.9 Å². The molecule has 0 aromatic heterocycles. The molecule has 0 N–H and O–H groups in total. The van der Waals surface area contributed by atoms with Crippen LogP contribution in [0.4, 0.5) is 0 Å². The van der Waals surface area contributed by atoms with Crippen molar-refractivity contribution in [3.05, 3.63) is 0 Å². The van der Waals surface area contributed by atoms with Crippen LogP contribution in [0.1, 0.15) is 26.2 Å². The van der Waals surface area contributed by atoms with Gasteiger partial charge in [-0.25, -0.2) is 0 Å². The number of hydrogen-bond acceptors (Lipinski definition) is 2. The van der Waals surface area contributed by atoms with Gasteiger partial charge in [-0.2, -0.15) is 0 Å². The summed E-state index contributed by atoms with van der Waals surface area (Å²) in [5.41, 5.74) is 0. The summed E-state index contributed by atoms with van der Waals surface area (Å²) in [4.78, 5) is 11.7. The average Bonchev–Trinajstić information content (AvgIpc) is 2.29. The van der Waals surface area contributed by atoms with E-state index < -0.39 is 0 Å². The lowest BCUT2D eigenvalue weighted by Crippen LogP contribution is -2.32. The predicted molar refractivity (Wildman–Crippen MR) is 49.1 cm³/mol. The van der Waals surface area contributed by atoms with Gasteiger partial charge in [-0.05, 0) is 19.3 Å². The molecule has 68 valence electrons. The predicted octanol–water partition coefficient (Wildman–Crippen LogP) is 2.11. The van der Waals surface area contributed by atoms with Gasteiger partial charge >= 0.3 is 5.97 Å². The Labute approximate surface area is 80.8 Å². The second-order valence-corrected chi connectivity index (χ2v) is 4.96. The smallest absolute Gasteiger partial charge is 0.309 e. The summed E-state index contributed by atoms with van der Waals surface area (Å²) in [6, 6.07) is 0. The SMILES string of the molecule is CC1C(=O)O[C@@H]2CCC[C@@H](Br)[C@H]12. The summed E-state index contributed by atoms with van der Waals surface area (Å²) in [5, 5.41) is 0. The van der Waals surface area contributed by atoms with Gasteiger partial charge in [0.15, 0.2) is 0 Å². The van der Waals surface area contributed by atoms with Gasteiger partial charge in [0.25, 0.3) is 0 Å². The number of fused-ring (bicyclic) bond motifs is 1. The number of ether oxygens (including phenoxy) is 1. The Balaban J connectivity index is 2.17. The maximum Gasteiger partial charge on any atom is 0.309 e. The molecule has 2 fully saturated rings. The molecule has 0 spiro atoms. The Bertz CT molecular complexity index is 205. The summed E-state index contributed by atoms with van der Waals surface area (Å²) in [6.07, 6.45) is 3.62. The zero-order chi connectivity index (χ0) is 8.72. The fourth-order valence-corrected chi connectivity index (χ4v) is 3.44. The molecule has 1 saturated heterocycles. The quantitative estimate of drug-likeness (QED) is 0.473. The van der Waals surface area contributed by atoms with E-state index in [1.165, 1.54) is 12.8 Å². The van der Waals surface area contributed by atoms with Crippen LogP contribution in [0.3, 0.4) is 0 Å². The number of carbonyl (C=O) groups is 1. The molecule has 2 aliphatic rings. The fraction of sp³-hybridized carbons (Fsp3) is 0.889. The molecule has 4 atom stereocenters. The van der Waals surface area contributed by atoms with Crippen molar-refractivity contribution < 1.29 is 9.53 Å². The first kappa shape index (κ1) is 8.54. The van der Waals surface area contributed by atoms with Crippen LogP contribution < -0.4 is 0 Å². The summed E-state index contributed by atoms with van der Waals surface area (Å²) in [7, 11) is 0. The van der Waals surface area contributed by atoms with Crippen molar-refractivity contribution in [2.24, 2.45) is 11.8 Å². The highest BCUT2D eigenvalue weighted by atomic mass is 79.9. The Hall–Kier alpha value is -0.0500. The molecule has 1 heterocycles. The van der Waals surface area contributed by atoms with Crippen molar-refractivity contribution in [3.8, 4) is 0 Å². The minimum absolute atomic E-state index is 0.00338. The van der Waals surface area contributed by atoms with Crippen LogP contribution >= 0.6 is 15.9 Å². The molecule has 2 rings (SSSR count). The maximum absolute atomic E-state index is 11.2. The van der Waals surface area contributed by atoms with Crippen molar-refractivity contribution >= 4 is 21.9 Å². The first-order valence-electron chi connectivity index (χ1n) is 4.54. The molecule has 0 amide bonds. The molecule has 0 aromatic carbocycles. The summed E-state index contributed by atoms with van der Waals surface area (Å²) < 4.78 is 5.28. The van der Waals surface area contributed by atoms with Gasteiger partial charge in [-0.1, -0.05) is 22.9 Å². The van der Waals surface area contributed by atoms with Crippen LogP contribution in [0.15, 0.2) is 0 Å². The van der Waals surface area contributed by atoms with E-state index >= 15 is 0 Å². The summed E-state index contributed by atoms with van der Waals surface area (Å²) in [5.74, 6) is 0.516. The molecule has 0 bridgehead atoms. The highest BCUT2D eigenvalue weighted by Crippen LogP contribution is 2.41. The Morgan fingerprint density at radius 1 is 1.50 bits per heavy atom. The zero-order valence-electron chi connectivity index (χ0n) is 7.13. The molecule has 1 aliphatic heterocycles. The first-order chi connectivity index (χ1) is 5.70. The normalized spacial score (nSPS) is 47.0. The van der Waals surface area contributed by atoms with E-state index in [-0.39, 0.29) is 18.0 Å². The summed E-state index contributed by atoms with van der Waals surface area (Å²) in [6.45, 7) is 1.98. The highest BCUT2D eigenvalue weighted by Gasteiger charge is 2.46. The summed E-state index contributed by atoms with van der Waals surface area (Å²) >= 11 is 3.63. The molecule has 0 radical (unpaired) electrons. The van der Waals surface area contributed by atoms with Crippen LogP contribution in [0, 0.1) is 11.8 Å². The molecular weight excluding hydrogens is 220 g/mol. The van der Waals surface area contributed by atoms with Crippen LogP contribution in [0.2, 0.25) is 0 Å². The average molecular weight is 233 g/mol. The van der Waals surface area contributed by atoms with Gasteiger partial charge in [0.2, 0.25) is 0 Å². The Kier molecular flexibility index (Phi) is 2.15. The minimum Gasteiger partial charge on any atom is -0.462 e. The third kappa shape index (κ3) is 1.18. The second kappa shape index (κ2) is 3.02. The first-order valence-corrected chi connectivity index (χ1v) is 5.46. The van der Waals surface area contributed by atoms with E-state index in [0.29, 0.717) is 10.7 Å². The number of alkyl halides is 1. The van der Waals surface area contributed by atoms with Gasteiger partial charge in [-0.3, -0.25) is 4.79 Å². The van der Waals surface area contributed by atoms with Gasteiger partial charge in [-0.15, -0.1) is 0 Å². The van der Waals surface area contributed by atoms with Gasteiger partial charge in [0.05, 0.1) is 5.92 Å². The molecule has 3 heteroatoms. The molecular formula is C9H13BrO2. The molecule has 1 saturated carbocycles. The van der Waals surface area contributed by atoms with E-state index in [1.54, 1.807) is 0 Å². The largest absolute Gasteiger partial charge is 0.462 e. The molecule has 12 heavy (non-hydrogen) atoms. The van der Waals surface area contributed by atoms with Crippen molar-refractivity contribution in [3.63, 3.8) is 0 Å². The van der Waals surface area contributed by atoms with E-state index in [2.05, 4.69) is 15.9 Å². The lowest BCUT2D eigenvalue weighted by atomic mass is 9.81. The van der Waals surface area contributed by atoms with Gasteiger partial charge in [0, 0.05) is 10.7 Å². The third-order valence-corrected chi connectivity index (χ3v) is 4.10.